The zero-order chi connectivity index (χ0) is 13.2. The second-order valence-corrected chi connectivity index (χ2v) is 4.64. The molecule has 0 aromatic heterocycles. The predicted octanol–water partition coefficient (Wildman–Crippen LogP) is 0.483. The van der Waals surface area contributed by atoms with Crippen LogP contribution < -0.4 is 20.5 Å². The molecule has 102 valence electrons. The molecular weight excluding hydrogens is 246 g/mol. The lowest BCUT2D eigenvalue weighted by atomic mass is 10.1. The zero-order valence-corrected chi connectivity index (χ0v) is 10.6. The van der Waals surface area contributed by atoms with Gasteiger partial charge in [-0.1, -0.05) is 6.07 Å². The fraction of sp³-hybridized carbons (Fsp3) is 0.462. The van der Waals surface area contributed by atoms with Gasteiger partial charge in [0.1, 0.15) is 13.2 Å². The maximum atomic E-state index is 11.7. The number of ether oxygens (including phenoxy) is 2. The molecule has 0 spiro atoms. The molecule has 2 heterocycles. The molecule has 1 unspecified atom stereocenters. The fourth-order valence-electron chi connectivity index (χ4n) is 2.40. The summed E-state index contributed by atoms with van der Waals surface area (Å²) in [7, 11) is 0. The van der Waals surface area contributed by atoms with E-state index in [1.165, 1.54) is 0 Å². The molecule has 1 aromatic rings. The lowest BCUT2D eigenvalue weighted by Gasteiger charge is -2.20. The molecule has 19 heavy (non-hydrogen) atoms. The number of nitrogens with one attached hydrogen (secondary N) is 1. The van der Waals surface area contributed by atoms with Crippen molar-refractivity contribution in [3.05, 3.63) is 23.8 Å². The van der Waals surface area contributed by atoms with Crippen LogP contribution in [0.2, 0.25) is 0 Å². The van der Waals surface area contributed by atoms with Gasteiger partial charge < -0.3 is 25.4 Å². The Bertz CT molecular complexity index is 492. The first-order chi connectivity index (χ1) is 9.28. The molecule has 3 rings (SSSR count). The second kappa shape index (κ2) is 4.97. The Hall–Kier alpha value is -1.95. The molecule has 1 saturated heterocycles. The molecule has 0 saturated carbocycles. The van der Waals surface area contributed by atoms with Crippen LogP contribution in [0.3, 0.4) is 0 Å². The van der Waals surface area contributed by atoms with Gasteiger partial charge in [0.05, 0.1) is 6.04 Å². The summed E-state index contributed by atoms with van der Waals surface area (Å²) in [6.07, 6.45) is 0. The third-order valence-electron chi connectivity index (χ3n) is 3.36. The van der Waals surface area contributed by atoms with Crippen molar-refractivity contribution in [1.82, 2.24) is 10.2 Å². The van der Waals surface area contributed by atoms with E-state index in [1.54, 1.807) is 4.90 Å². The van der Waals surface area contributed by atoms with Crippen LogP contribution in [0.1, 0.15) is 11.6 Å². The smallest absolute Gasteiger partial charge is 0.318 e. The number of nitrogens with two attached hydrogens (primary N) is 1. The number of benzene rings is 1. The molecular formula is C13H17N3O3. The van der Waals surface area contributed by atoms with Gasteiger partial charge in [-0.25, -0.2) is 4.79 Å². The van der Waals surface area contributed by atoms with Gasteiger partial charge in [-0.05, 0) is 17.7 Å². The molecule has 0 aliphatic carbocycles. The topological polar surface area (TPSA) is 76.8 Å². The predicted molar refractivity (Wildman–Crippen MR) is 69.3 cm³/mol. The molecule has 6 heteroatoms. The molecule has 1 atom stereocenters. The summed E-state index contributed by atoms with van der Waals surface area (Å²) in [6.45, 7) is 2.83. The van der Waals surface area contributed by atoms with Crippen molar-refractivity contribution in [2.75, 3.05) is 32.8 Å². The van der Waals surface area contributed by atoms with E-state index in [1.807, 2.05) is 18.2 Å². The van der Waals surface area contributed by atoms with Crippen LogP contribution in [-0.2, 0) is 0 Å². The molecule has 1 aromatic carbocycles. The highest BCUT2D eigenvalue weighted by Crippen LogP contribution is 2.33. The second-order valence-electron chi connectivity index (χ2n) is 4.64. The highest BCUT2D eigenvalue weighted by Gasteiger charge is 2.29. The summed E-state index contributed by atoms with van der Waals surface area (Å²) in [5.41, 5.74) is 6.51. The van der Waals surface area contributed by atoms with E-state index in [-0.39, 0.29) is 12.1 Å². The summed E-state index contributed by atoms with van der Waals surface area (Å²) in [4.78, 5) is 13.5. The monoisotopic (exact) mass is 263 g/mol. The number of carbonyl (C=O) groups excluding carboxylic acids is 1. The van der Waals surface area contributed by atoms with Crippen molar-refractivity contribution in [2.45, 2.75) is 6.04 Å². The zero-order valence-electron chi connectivity index (χ0n) is 10.6. The van der Waals surface area contributed by atoms with Gasteiger partial charge in [0.25, 0.3) is 0 Å². The minimum absolute atomic E-state index is 0.0186. The Morgan fingerprint density at radius 1 is 1.32 bits per heavy atom. The SMILES string of the molecule is NCCN1CC(c2ccc3c(c2)OCCO3)NC1=O. The minimum atomic E-state index is -0.0645. The Labute approximate surface area is 111 Å². The molecule has 1 fully saturated rings. The maximum Gasteiger partial charge on any atom is 0.318 e. The number of hydrogen-bond acceptors (Lipinski definition) is 4. The highest BCUT2D eigenvalue weighted by atomic mass is 16.6. The average Bonchev–Trinajstić information content (AvgIpc) is 2.80. The van der Waals surface area contributed by atoms with Gasteiger partial charge in [0.2, 0.25) is 0 Å². The summed E-state index contributed by atoms with van der Waals surface area (Å²) >= 11 is 0. The third-order valence-corrected chi connectivity index (χ3v) is 3.36. The number of urea groups is 1. The van der Waals surface area contributed by atoms with Crippen LogP contribution >= 0.6 is 0 Å². The first kappa shape index (κ1) is 12.1. The lowest BCUT2D eigenvalue weighted by Crippen LogP contribution is -2.32. The van der Waals surface area contributed by atoms with E-state index in [4.69, 9.17) is 15.2 Å². The van der Waals surface area contributed by atoms with E-state index in [2.05, 4.69) is 5.32 Å². The van der Waals surface area contributed by atoms with Gasteiger partial charge in [0, 0.05) is 19.6 Å². The van der Waals surface area contributed by atoms with Crippen LogP contribution in [0.5, 0.6) is 11.5 Å². The van der Waals surface area contributed by atoms with Gasteiger partial charge in [0.15, 0.2) is 11.5 Å². The fourth-order valence-corrected chi connectivity index (χ4v) is 2.40. The molecule has 0 radical (unpaired) electrons. The highest BCUT2D eigenvalue weighted by molar-refractivity contribution is 5.77. The average molecular weight is 263 g/mol. The van der Waals surface area contributed by atoms with Crippen LogP contribution in [0.15, 0.2) is 18.2 Å². The number of fused-ring (bicyclic) bond motifs is 1. The standard InChI is InChI=1S/C13H17N3O3/c14-3-4-16-8-10(15-13(16)17)9-1-2-11-12(7-9)19-6-5-18-11/h1-2,7,10H,3-6,8,14H2,(H,15,17). The van der Waals surface area contributed by atoms with Gasteiger partial charge in [-0.3, -0.25) is 0 Å². The summed E-state index contributed by atoms with van der Waals surface area (Å²) < 4.78 is 11.0. The molecule has 0 bridgehead atoms. The van der Waals surface area contributed by atoms with Gasteiger partial charge in [-0.15, -0.1) is 0 Å². The molecule has 3 N–H and O–H groups in total. The van der Waals surface area contributed by atoms with Crippen molar-refractivity contribution >= 4 is 6.03 Å². The number of rotatable bonds is 3. The van der Waals surface area contributed by atoms with E-state index < -0.39 is 0 Å². The van der Waals surface area contributed by atoms with Gasteiger partial charge >= 0.3 is 6.03 Å². The largest absolute Gasteiger partial charge is 0.486 e. The van der Waals surface area contributed by atoms with Crippen LogP contribution in [-0.4, -0.2) is 43.8 Å². The summed E-state index contributed by atoms with van der Waals surface area (Å²) in [5.74, 6) is 1.51. The Balaban J connectivity index is 1.78. The van der Waals surface area contributed by atoms with E-state index in [9.17, 15) is 4.79 Å². The number of amides is 2. The van der Waals surface area contributed by atoms with E-state index >= 15 is 0 Å². The van der Waals surface area contributed by atoms with Crippen molar-refractivity contribution in [3.8, 4) is 11.5 Å². The van der Waals surface area contributed by atoms with Crippen LogP contribution in [0.25, 0.3) is 0 Å². The Morgan fingerprint density at radius 2 is 2.11 bits per heavy atom. The Kier molecular flexibility index (Phi) is 3.16. The molecule has 2 aliphatic rings. The number of carbonyl (C=O) groups is 1. The Morgan fingerprint density at radius 3 is 2.89 bits per heavy atom. The number of hydrogen-bond donors (Lipinski definition) is 2. The van der Waals surface area contributed by atoms with Crippen LogP contribution in [0.4, 0.5) is 4.79 Å². The molecule has 2 aliphatic heterocycles. The quantitative estimate of drug-likeness (QED) is 0.831. The first-order valence-corrected chi connectivity index (χ1v) is 6.43. The van der Waals surface area contributed by atoms with Crippen molar-refractivity contribution in [2.24, 2.45) is 5.73 Å². The van der Waals surface area contributed by atoms with Crippen molar-refractivity contribution in [3.63, 3.8) is 0 Å². The maximum absolute atomic E-state index is 11.7. The number of nitrogens with zero attached hydrogens (tertiary/aromatic N) is 1. The van der Waals surface area contributed by atoms with E-state index in [0.29, 0.717) is 32.8 Å². The van der Waals surface area contributed by atoms with E-state index in [0.717, 1.165) is 17.1 Å². The summed E-state index contributed by atoms with van der Waals surface area (Å²) in [5, 5.41) is 2.95. The van der Waals surface area contributed by atoms with Crippen molar-refractivity contribution in [1.29, 1.82) is 0 Å². The lowest BCUT2D eigenvalue weighted by molar-refractivity contribution is 0.171. The van der Waals surface area contributed by atoms with Crippen molar-refractivity contribution < 1.29 is 14.3 Å². The molecule has 2 amide bonds. The normalized spacial score (nSPS) is 21.4. The third kappa shape index (κ3) is 2.31. The minimum Gasteiger partial charge on any atom is -0.486 e. The van der Waals surface area contributed by atoms with Crippen LogP contribution in [0, 0.1) is 0 Å². The first-order valence-electron chi connectivity index (χ1n) is 6.43. The molecule has 6 nitrogen and oxygen atoms in total. The summed E-state index contributed by atoms with van der Waals surface area (Å²) in [6, 6.07) is 5.71. The van der Waals surface area contributed by atoms with Gasteiger partial charge in [-0.2, -0.15) is 0 Å².